The minimum Gasteiger partial charge on any atom is -0.336 e. The molecule has 4 amide bonds. The zero-order valence-corrected chi connectivity index (χ0v) is 16.7. The van der Waals surface area contributed by atoms with Crippen LogP contribution in [0.25, 0.3) is 11.1 Å². The number of rotatable bonds is 3. The summed E-state index contributed by atoms with van der Waals surface area (Å²) in [4.78, 5) is 39.7. The number of benzene rings is 2. The second-order valence-corrected chi connectivity index (χ2v) is 7.84. The fourth-order valence-electron chi connectivity index (χ4n) is 4.02. The number of hydrogen-bond donors (Lipinski definition) is 3. The number of urea groups is 1. The maximum atomic E-state index is 14.2. The van der Waals surface area contributed by atoms with Gasteiger partial charge in [0.25, 0.3) is 5.91 Å². The Bertz CT molecular complexity index is 1020. The highest BCUT2D eigenvalue weighted by atomic mass is 19.1. The SMILES string of the molecule is CC(C)NC(=O)N[C@@H]1CCN2C(=O)c3cc(-c4ccccc4F)ccc3NC(=O)[C@H]12. The molecule has 0 bridgehead atoms. The van der Waals surface area contributed by atoms with Gasteiger partial charge in [0, 0.05) is 18.2 Å². The van der Waals surface area contributed by atoms with Crippen molar-refractivity contribution in [1.82, 2.24) is 15.5 Å². The first-order valence-electron chi connectivity index (χ1n) is 9.93. The van der Waals surface area contributed by atoms with E-state index in [4.69, 9.17) is 0 Å². The Morgan fingerprint density at radius 1 is 1.17 bits per heavy atom. The lowest BCUT2D eigenvalue weighted by Gasteiger charge is -2.25. The first-order chi connectivity index (χ1) is 14.3. The number of anilines is 1. The number of hydrogen-bond acceptors (Lipinski definition) is 3. The van der Waals surface area contributed by atoms with E-state index in [1.807, 2.05) is 13.8 Å². The molecule has 7 nitrogen and oxygen atoms in total. The molecule has 2 aliphatic rings. The zero-order chi connectivity index (χ0) is 21.4. The molecule has 3 N–H and O–H groups in total. The van der Waals surface area contributed by atoms with E-state index in [2.05, 4.69) is 16.0 Å². The second kappa shape index (κ2) is 7.78. The smallest absolute Gasteiger partial charge is 0.315 e. The Kier molecular flexibility index (Phi) is 5.15. The topological polar surface area (TPSA) is 90.5 Å². The molecule has 2 aromatic rings. The monoisotopic (exact) mass is 410 g/mol. The highest BCUT2D eigenvalue weighted by Crippen LogP contribution is 2.33. The fraction of sp³-hybridized carbons (Fsp3) is 0.318. The molecule has 2 aromatic carbocycles. The lowest BCUT2D eigenvalue weighted by atomic mass is 10.0. The summed E-state index contributed by atoms with van der Waals surface area (Å²) in [6.07, 6.45) is 0.470. The van der Waals surface area contributed by atoms with Crippen molar-refractivity contribution in [2.45, 2.75) is 38.4 Å². The van der Waals surface area contributed by atoms with Gasteiger partial charge in [0.1, 0.15) is 11.9 Å². The number of nitrogens with zero attached hydrogens (tertiary/aromatic N) is 1. The van der Waals surface area contributed by atoms with Crippen molar-refractivity contribution in [3.05, 3.63) is 53.8 Å². The number of amides is 4. The van der Waals surface area contributed by atoms with E-state index in [1.54, 1.807) is 36.4 Å². The summed E-state index contributed by atoms with van der Waals surface area (Å²) in [5, 5.41) is 8.33. The van der Waals surface area contributed by atoms with Crippen LogP contribution in [0.15, 0.2) is 42.5 Å². The van der Waals surface area contributed by atoms with Crippen LogP contribution in [0.4, 0.5) is 14.9 Å². The maximum Gasteiger partial charge on any atom is 0.315 e. The number of nitrogens with one attached hydrogen (secondary N) is 3. The van der Waals surface area contributed by atoms with Crippen molar-refractivity contribution in [1.29, 1.82) is 0 Å². The number of carbonyl (C=O) groups is 3. The molecule has 2 aliphatic heterocycles. The van der Waals surface area contributed by atoms with Crippen molar-refractivity contribution in [3.63, 3.8) is 0 Å². The molecule has 0 aliphatic carbocycles. The average Bonchev–Trinajstić information content (AvgIpc) is 3.06. The van der Waals surface area contributed by atoms with Crippen LogP contribution in [-0.2, 0) is 4.79 Å². The molecule has 2 heterocycles. The van der Waals surface area contributed by atoms with Crippen LogP contribution in [0, 0.1) is 5.82 Å². The summed E-state index contributed by atoms with van der Waals surface area (Å²) < 4.78 is 14.2. The molecule has 1 saturated heterocycles. The van der Waals surface area contributed by atoms with Crippen molar-refractivity contribution in [2.75, 3.05) is 11.9 Å². The summed E-state index contributed by atoms with van der Waals surface area (Å²) in [6, 6.07) is 9.50. The average molecular weight is 410 g/mol. The molecule has 0 saturated carbocycles. The maximum absolute atomic E-state index is 14.2. The van der Waals surface area contributed by atoms with Gasteiger partial charge in [-0.3, -0.25) is 9.59 Å². The van der Waals surface area contributed by atoms with Crippen molar-refractivity contribution < 1.29 is 18.8 Å². The Hall–Kier alpha value is -3.42. The van der Waals surface area contributed by atoms with Gasteiger partial charge >= 0.3 is 6.03 Å². The van der Waals surface area contributed by atoms with Gasteiger partial charge in [-0.1, -0.05) is 24.3 Å². The van der Waals surface area contributed by atoms with E-state index in [0.717, 1.165) is 0 Å². The zero-order valence-electron chi connectivity index (χ0n) is 16.7. The quantitative estimate of drug-likeness (QED) is 0.727. The van der Waals surface area contributed by atoms with E-state index in [1.165, 1.54) is 11.0 Å². The summed E-state index contributed by atoms with van der Waals surface area (Å²) in [7, 11) is 0. The third-order valence-corrected chi connectivity index (χ3v) is 5.36. The van der Waals surface area contributed by atoms with Crippen LogP contribution in [-0.4, -0.2) is 47.4 Å². The van der Waals surface area contributed by atoms with Crippen LogP contribution in [0.3, 0.4) is 0 Å². The Morgan fingerprint density at radius 2 is 1.93 bits per heavy atom. The lowest BCUT2D eigenvalue weighted by Crippen LogP contribution is -2.54. The van der Waals surface area contributed by atoms with Gasteiger partial charge in [0.2, 0.25) is 5.91 Å². The molecular weight excluding hydrogens is 387 g/mol. The number of carbonyl (C=O) groups excluding carboxylic acids is 3. The predicted octanol–water partition coefficient (Wildman–Crippen LogP) is 2.74. The van der Waals surface area contributed by atoms with Crippen LogP contribution in [0.2, 0.25) is 0 Å². The van der Waals surface area contributed by atoms with E-state index >= 15 is 0 Å². The number of halogens is 1. The summed E-state index contributed by atoms with van der Waals surface area (Å²) >= 11 is 0. The van der Waals surface area contributed by atoms with Gasteiger partial charge in [-0.25, -0.2) is 9.18 Å². The molecule has 2 atom stereocenters. The molecule has 156 valence electrons. The van der Waals surface area contributed by atoms with Gasteiger partial charge in [0.15, 0.2) is 0 Å². The van der Waals surface area contributed by atoms with Crippen molar-refractivity contribution in [2.24, 2.45) is 0 Å². The first kappa shape index (κ1) is 19.9. The molecule has 1 fully saturated rings. The molecule has 0 spiro atoms. The van der Waals surface area contributed by atoms with Crippen LogP contribution >= 0.6 is 0 Å². The van der Waals surface area contributed by atoms with E-state index in [9.17, 15) is 18.8 Å². The van der Waals surface area contributed by atoms with Gasteiger partial charge in [-0.15, -0.1) is 0 Å². The third kappa shape index (κ3) is 3.60. The fourth-order valence-corrected chi connectivity index (χ4v) is 4.02. The Balaban J connectivity index is 1.64. The molecular formula is C22H23FN4O3. The normalized spacial score (nSPS) is 20.3. The van der Waals surface area contributed by atoms with Crippen LogP contribution in [0.1, 0.15) is 30.6 Å². The van der Waals surface area contributed by atoms with E-state index in [0.29, 0.717) is 35.3 Å². The standard InChI is InChI=1S/C22H23FN4O3/c1-12(2)24-22(30)26-18-9-10-27-19(18)20(28)25-17-8-7-13(11-15(17)21(27)29)14-5-3-4-6-16(14)23/h3-8,11-12,18-19H,9-10H2,1-2H3,(H,25,28)(H2,24,26,30)/t18-,19+/m1/s1. The predicted molar refractivity (Wildman–Crippen MR) is 110 cm³/mol. The van der Waals surface area contributed by atoms with Gasteiger partial charge in [-0.05, 0) is 44.0 Å². The number of fused-ring (bicyclic) bond motifs is 2. The van der Waals surface area contributed by atoms with Crippen LogP contribution < -0.4 is 16.0 Å². The molecule has 0 unspecified atom stereocenters. The summed E-state index contributed by atoms with van der Waals surface area (Å²) in [5.74, 6) is -1.06. The van der Waals surface area contributed by atoms with Crippen molar-refractivity contribution in [3.8, 4) is 11.1 Å². The minimum absolute atomic E-state index is 0.0480. The van der Waals surface area contributed by atoms with Crippen molar-refractivity contribution >= 4 is 23.5 Å². The molecule has 8 heteroatoms. The summed E-state index contributed by atoms with van der Waals surface area (Å²) in [6.45, 7) is 4.02. The summed E-state index contributed by atoms with van der Waals surface area (Å²) in [5.41, 5.74) is 1.62. The molecule has 4 rings (SSSR count). The van der Waals surface area contributed by atoms with E-state index < -0.39 is 12.1 Å². The highest BCUT2D eigenvalue weighted by Gasteiger charge is 2.45. The third-order valence-electron chi connectivity index (χ3n) is 5.36. The highest BCUT2D eigenvalue weighted by molar-refractivity contribution is 6.11. The van der Waals surface area contributed by atoms with Gasteiger partial charge in [0.05, 0.1) is 17.3 Å². The Labute approximate surface area is 173 Å². The van der Waals surface area contributed by atoms with Gasteiger partial charge < -0.3 is 20.9 Å². The Morgan fingerprint density at radius 3 is 2.67 bits per heavy atom. The van der Waals surface area contributed by atoms with Gasteiger partial charge in [-0.2, -0.15) is 0 Å². The van der Waals surface area contributed by atoms with E-state index in [-0.39, 0.29) is 29.7 Å². The molecule has 0 aromatic heterocycles. The molecule has 0 radical (unpaired) electrons. The van der Waals surface area contributed by atoms with Crippen LogP contribution in [0.5, 0.6) is 0 Å². The molecule has 30 heavy (non-hydrogen) atoms. The first-order valence-corrected chi connectivity index (χ1v) is 9.93. The minimum atomic E-state index is -0.806. The lowest BCUT2D eigenvalue weighted by molar-refractivity contribution is -0.120. The second-order valence-electron chi connectivity index (χ2n) is 7.84. The largest absolute Gasteiger partial charge is 0.336 e.